The Hall–Kier alpha value is -0.120. The summed E-state index contributed by atoms with van der Waals surface area (Å²) in [4.78, 5) is 4.20. The lowest BCUT2D eigenvalue weighted by molar-refractivity contribution is 1.09. The lowest BCUT2D eigenvalue weighted by Crippen LogP contribution is -1.86. The summed E-state index contributed by atoms with van der Waals surface area (Å²) in [5.74, 6) is 0. The van der Waals surface area contributed by atoms with Gasteiger partial charge in [0.05, 0.1) is 5.69 Å². The van der Waals surface area contributed by atoms with Gasteiger partial charge in [-0.1, -0.05) is 29.5 Å². The Balaban J connectivity index is 2.87. The van der Waals surface area contributed by atoms with E-state index in [0.29, 0.717) is 0 Å². The number of pyridine rings is 1. The minimum absolute atomic E-state index is 1.01. The Morgan fingerprint density at radius 1 is 1.60 bits per heavy atom. The summed E-state index contributed by atoms with van der Waals surface area (Å²) in [5.41, 5.74) is 2.56. The van der Waals surface area contributed by atoms with Crippen LogP contribution in [0.15, 0.2) is 18.3 Å². The third kappa shape index (κ3) is 1.94. The molecule has 0 amide bonds. The monoisotopic (exact) mass is 247 g/mol. The first kappa shape index (κ1) is 7.98. The summed E-state index contributed by atoms with van der Waals surface area (Å²) in [7, 11) is 0. The van der Waals surface area contributed by atoms with Crippen LogP contribution < -0.4 is 0 Å². The molecule has 2 heteroatoms. The zero-order chi connectivity index (χ0) is 7.40. The molecule has 0 fully saturated rings. The second-order valence-electron chi connectivity index (χ2n) is 2.14. The van der Waals surface area contributed by atoms with Crippen molar-refractivity contribution in [3.63, 3.8) is 0 Å². The molecule has 0 aliphatic rings. The quantitative estimate of drug-likeness (QED) is 0.578. The van der Waals surface area contributed by atoms with Gasteiger partial charge in [-0.2, -0.15) is 0 Å². The van der Waals surface area contributed by atoms with Gasteiger partial charge in [-0.3, -0.25) is 4.98 Å². The van der Waals surface area contributed by atoms with Crippen LogP contribution in [-0.2, 0) is 10.8 Å². The van der Waals surface area contributed by atoms with E-state index in [0.717, 1.165) is 10.8 Å². The second-order valence-corrected chi connectivity index (χ2v) is 2.91. The topological polar surface area (TPSA) is 12.9 Å². The molecular weight excluding hydrogens is 237 g/mol. The average molecular weight is 247 g/mol. The Labute approximate surface area is 75.0 Å². The van der Waals surface area contributed by atoms with Crippen LogP contribution in [0.3, 0.4) is 0 Å². The maximum Gasteiger partial charge on any atom is 0.0503 e. The van der Waals surface area contributed by atoms with E-state index in [2.05, 4.69) is 46.6 Å². The molecule has 1 aromatic rings. The maximum absolute atomic E-state index is 4.20. The van der Waals surface area contributed by atoms with Gasteiger partial charge in [-0.05, 0) is 24.1 Å². The van der Waals surface area contributed by atoms with Gasteiger partial charge in [0.15, 0.2) is 0 Å². The van der Waals surface area contributed by atoms with E-state index < -0.39 is 0 Å². The molecule has 0 aromatic carbocycles. The van der Waals surface area contributed by atoms with Gasteiger partial charge in [0.25, 0.3) is 0 Å². The van der Waals surface area contributed by atoms with Crippen molar-refractivity contribution >= 4 is 22.6 Å². The van der Waals surface area contributed by atoms with Crippen LogP contribution in [0.4, 0.5) is 0 Å². The van der Waals surface area contributed by atoms with Crippen LogP contribution in [-0.4, -0.2) is 4.98 Å². The number of nitrogens with zero attached hydrogens (tertiary/aromatic N) is 1. The van der Waals surface area contributed by atoms with Crippen molar-refractivity contribution in [3.05, 3.63) is 29.6 Å². The smallest absolute Gasteiger partial charge is 0.0503 e. The number of alkyl halides is 1. The van der Waals surface area contributed by atoms with Gasteiger partial charge in [-0.25, -0.2) is 0 Å². The standard InChI is InChI=1S/C8H10IN/c1-2-7-3-4-10-8(5-7)6-9/h3-5H,2,6H2,1H3. The molecule has 0 spiro atoms. The fourth-order valence-electron chi connectivity index (χ4n) is 0.821. The van der Waals surface area contributed by atoms with E-state index in [9.17, 15) is 0 Å². The Morgan fingerprint density at radius 3 is 3.00 bits per heavy atom. The fraction of sp³-hybridized carbons (Fsp3) is 0.375. The highest BCUT2D eigenvalue weighted by molar-refractivity contribution is 14.1. The molecule has 0 atom stereocenters. The summed E-state index contributed by atoms with van der Waals surface area (Å²) >= 11 is 2.32. The van der Waals surface area contributed by atoms with Crippen molar-refractivity contribution in [3.8, 4) is 0 Å². The number of aromatic nitrogens is 1. The van der Waals surface area contributed by atoms with E-state index in [1.807, 2.05) is 6.20 Å². The summed E-state index contributed by atoms with van der Waals surface area (Å²) in [5, 5.41) is 0. The number of aryl methyl sites for hydroxylation is 1. The third-order valence-corrected chi connectivity index (χ3v) is 2.21. The van der Waals surface area contributed by atoms with Crippen LogP contribution in [0.5, 0.6) is 0 Å². The Morgan fingerprint density at radius 2 is 2.40 bits per heavy atom. The minimum Gasteiger partial charge on any atom is -0.260 e. The molecular formula is C8H10IN. The SMILES string of the molecule is CCc1ccnc(CI)c1. The molecule has 0 unspecified atom stereocenters. The second kappa shape index (κ2) is 3.91. The van der Waals surface area contributed by atoms with Crippen molar-refractivity contribution in [2.45, 2.75) is 17.8 Å². The van der Waals surface area contributed by atoms with Crippen LogP contribution >= 0.6 is 22.6 Å². The van der Waals surface area contributed by atoms with Crippen molar-refractivity contribution in [2.75, 3.05) is 0 Å². The van der Waals surface area contributed by atoms with E-state index in [-0.39, 0.29) is 0 Å². The Kier molecular flexibility index (Phi) is 3.12. The van der Waals surface area contributed by atoms with E-state index in [1.165, 1.54) is 11.3 Å². The van der Waals surface area contributed by atoms with Gasteiger partial charge in [0.1, 0.15) is 0 Å². The summed E-state index contributed by atoms with van der Waals surface area (Å²) in [6.07, 6.45) is 2.99. The van der Waals surface area contributed by atoms with Crippen molar-refractivity contribution < 1.29 is 0 Å². The highest BCUT2D eigenvalue weighted by Crippen LogP contribution is 2.05. The Bertz CT molecular complexity index is 191. The van der Waals surface area contributed by atoms with Crippen molar-refractivity contribution in [2.24, 2.45) is 0 Å². The van der Waals surface area contributed by atoms with Crippen molar-refractivity contribution in [1.29, 1.82) is 0 Å². The van der Waals surface area contributed by atoms with Gasteiger partial charge in [0, 0.05) is 10.6 Å². The number of rotatable bonds is 2. The molecule has 0 aliphatic heterocycles. The zero-order valence-corrected chi connectivity index (χ0v) is 8.13. The molecule has 1 rings (SSSR count). The average Bonchev–Trinajstić information content (AvgIpc) is 2.05. The van der Waals surface area contributed by atoms with Gasteiger partial charge in [-0.15, -0.1) is 0 Å². The fourth-order valence-corrected chi connectivity index (χ4v) is 1.24. The van der Waals surface area contributed by atoms with Crippen LogP contribution in [0.25, 0.3) is 0 Å². The minimum atomic E-state index is 1.01. The predicted octanol–water partition coefficient (Wildman–Crippen LogP) is 2.58. The van der Waals surface area contributed by atoms with Crippen molar-refractivity contribution in [1.82, 2.24) is 4.98 Å². The molecule has 0 radical (unpaired) electrons. The van der Waals surface area contributed by atoms with Gasteiger partial charge >= 0.3 is 0 Å². The molecule has 54 valence electrons. The maximum atomic E-state index is 4.20. The lowest BCUT2D eigenvalue weighted by Gasteiger charge is -1.97. The van der Waals surface area contributed by atoms with Crippen LogP contribution in [0.1, 0.15) is 18.2 Å². The highest BCUT2D eigenvalue weighted by atomic mass is 127. The van der Waals surface area contributed by atoms with Gasteiger partial charge in [0.2, 0.25) is 0 Å². The molecule has 1 aromatic heterocycles. The van der Waals surface area contributed by atoms with Crippen LogP contribution in [0, 0.1) is 0 Å². The molecule has 1 heterocycles. The number of hydrogen-bond donors (Lipinski definition) is 0. The third-order valence-electron chi connectivity index (χ3n) is 1.43. The van der Waals surface area contributed by atoms with E-state index in [1.54, 1.807) is 0 Å². The molecule has 0 bridgehead atoms. The van der Waals surface area contributed by atoms with E-state index >= 15 is 0 Å². The summed E-state index contributed by atoms with van der Waals surface area (Å²) < 4.78 is 1.01. The molecule has 0 N–H and O–H groups in total. The van der Waals surface area contributed by atoms with E-state index in [4.69, 9.17) is 0 Å². The van der Waals surface area contributed by atoms with Crippen LogP contribution in [0.2, 0.25) is 0 Å². The largest absolute Gasteiger partial charge is 0.260 e. The number of hydrogen-bond acceptors (Lipinski definition) is 1. The first-order chi connectivity index (χ1) is 4.86. The zero-order valence-electron chi connectivity index (χ0n) is 5.97. The van der Waals surface area contributed by atoms with Gasteiger partial charge < -0.3 is 0 Å². The first-order valence-corrected chi connectivity index (χ1v) is 4.89. The first-order valence-electron chi connectivity index (χ1n) is 3.36. The predicted molar refractivity (Wildman–Crippen MR) is 51.3 cm³/mol. The molecule has 1 nitrogen and oxygen atoms in total. The highest BCUT2D eigenvalue weighted by Gasteiger charge is 1.91. The molecule has 0 saturated carbocycles. The summed E-state index contributed by atoms with van der Waals surface area (Å²) in [6, 6.07) is 4.22. The normalized spacial score (nSPS) is 9.80. The lowest BCUT2D eigenvalue weighted by atomic mass is 10.2. The molecule has 0 saturated heterocycles. The number of halogens is 1. The molecule has 0 aliphatic carbocycles. The molecule has 10 heavy (non-hydrogen) atoms. The summed E-state index contributed by atoms with van der Waals surface area (Å²) in [6.45, 7) is 2.16.